The lowest BCUT2D eigenvalue weighted by atomic mass is 10.1. The Hall–Kier alpha value is -1.70. The third-order valence-electron chi connectivity index (χ3n) is 3.16. The van der Waals surface area contributed by atoms with Gasteiger partial charge in [0.05, 0.1) is 5.88 Å². The van der Waals surface area contributed by atoms with Crippen LogP contribution in [0, 0.1) is 0 Å². The summed E-state index contributed by atoms with van der Waals surface area (Å²) in [5.41, 5.74) is 0.809. The molecule has 0 bridgehead atoms. The molecule has 0 aliphatic carbocycles. The Morgan fingerprint density at radius 2 is 1.65 bits per heavy atom. The highest BCUT2D eigenvalue weighted by molar-refractivity contribution is 6.32. The molecule has 0 N–H and O–H groups in total. The molecular weight excluding hydrogens is 291 g/mol. The van der Waals surface area contributed by atoms with E-state index >= 15 is 0 Å². The molecule has 100 valence electrons. The second-order valence-corrected chi connectivity index (χ2v) is 5.14. The molecule has 3 heteroatoms. The third kappa shape index (κ3) is 2.60. The van der Waals surface area contributed by atoms with Crippen molar-refractivity contribution in [2.45, 2.75) is 5.88 Å². The van der Waals surface area contributed by atoms with E-state index in [1.807, 2.05) is 48.5 Å². The average molecular weight is 303 g/mol. The van der Waals surface area contributed by atoms with Crippen LogP contribution >= 0.6 is 23.2 Å². The van der Waals surface area contributed by atoms with Gasteiger partial charge in [-0.3, -0.25) is 0 Å². The molecule has 20 heavy (non-hydrogen) atoms. The lowest BCUT2D eigenvalue weighted by Gasteiger charge is -2.11. The molecule has 0 saturated carbocycles. The van der Waals surface area contributed by atoms with Crippen molar-refractivity contribution in [3.05, 3.63) is 71.2 Å². The maximum absolute atomic E-state index is 6.13. The Kier molecular flexibility index (Phi) is 3.81. The van der Waals surface area contributed by atoms with Gasteiger partial charge in [-0.2, -0.15) is 0 Å². The molecular formula is C17H12Cl2O. The van der Waals surface area contributed by atoms with Crippen LogP contribution in [0.25, 0.3) is 10.8 Å². The zero-order valence-electron chi connectivity index (χ0n) is 10.6. The zero-order chi connectivity index (χ0) is 13.9. The summed E-state index contributed by atoms with van der Waals surface area (Å²) in [6, 6.07) is 19.7. The number of halogens is 2. The molecule has 0 amide bonds. The third-order valence-corrected chi connectivity index (χ3v) is 3.78. The van der Waals surface area contributed by atoms with Gasteiger partial charge in [0.25, 0.3) is 0 Å². The maximum Gasteiger partial charge on any atom is 0.133 e. The van der Waals surface area contributed by atoms with Crippen LogP contribution in [-0.2, 0) is 5.88 Å². The van der Waals surface area contributed by atoms with Gasteiger partial charge in [0, 0.05) is 10.6 Å². The Balaban J connectivity index is 1.99. The van der Waals surface area contributed by atoms with Crippen LogP contribution in [0.2, 0.25) is 5.02 Å². The van der Waals surface area contributed by atoms with Crippen LogP contribution in [0.1, 0.15) is 5.56 Å². The number of benzene rings is 3. The molecule has 0 aliphatic rings. The van der Waals surface area contributed by atoms with Crippen molar-refractivity contribution in [2.75, 3.05) is 0 Å². The van der Waals surface area contributed by atoms with Crippen LogP contribution < -0.4 is 4.74 Å². The Bertz CT molecular complexity index is 753. The van der Waals surface area contributed by atoms with E-state index in [1.165, 1.54) is 5.39 Å². The minimum atomic E-state index is 0.322. The van der Waals surface area contributed by atoms with Gasteiger partial charge in [0.15, 0.2) is 0 Å². The number of rotatable bonds is 3. The summed E-state index contributed by atoms with van der Waals surface area (Å²) in [4.78, 5) is 0. The van der Waals surface area contributed by atoms with E-state index < -0.39 is 0 Å². The van der Waals surface area contributed by atoms with Crippen molar-refractivity contribution in [2.24, 2.45) is 0 Å². The average Bonchev–Trinajstić information content (AvgIpc) is 2.47. The monoisotopic (exact) mass is 302 g/mol. The molecule has 3 aromatic carbocycles. The Morgan fingerprint density at radius 1 is 0.850 bits per heavy atom. The molecule has 0 radical (unpaired) electrons. The number of hydrogen-bond acceptors (Lipinski definition) is 1. The summed E-state index contributed by atoms with van der Waals surface area (Å²) in [6.07, 6.45) is 0. The van der Waals surface area contributed by atoms with Gasteiger partial charge in [-0.1, -0.05) is 48.0 Å². The van der Waals surface area contributed by atoms with Crippen LogP contribution in [0.5, 0.6) is 11.5 Å². The molecule has 1 nitrogen and oxygen atoms in total. The molecule has 0 aromatic heterocycles. The summed E-state index contributed by atoms with van der Waals surface area (Å²) in [5.74, 6) is 1.79. The first-order valence-electron chi connectivity index (χ1n) is 6.28. The summed E-state index contributed by atoms with van der Waals surface area (Å²) < 4.78 is 5.92. The van der Waals surface area contributed by atoms with E-state index in [0.29, 0.717) is 16.7 Å². The van der Waals surface area contributed by atoms with Gasteiger partial charge >= 0.3 is 0 Å². The van der Waals surface area contributed by atoms with Gasteiger partial charge in [-0.05, 0) is 35.0 Å². The van der Waals surface area contributed by atoms with Gasteiger partial charge in [0.1, 0.15) is 11.5 Å². The van der Waals surface area contributed by atoms with Crippen LogP contribution in [0.15, 0.2) is 60.7 Å². The molecule has 0 heterocycles. The van der Waals surface area contributed by atoms with Gasteiger partial charge in [0.2, 0.25) is 0 Å². The van der Waals surface area contributed by atoms with Crippen LogP contribution in [-0.4, -0.2) is 0 Å². The summed E-state index contributed by atoms with van der Waals surface area (Å²) in [5, 5.41) is 2.95. The second kappa shape index (κ2) is 5.74. The van der Waals surface area contributed by atoms with Crippen molar-refractivity contribution in [3.63, 3.8) is 0 Å². The minimum absolute atomic E-state index is 0.322. The van der Waals surface area contributed by atoms with Crippen LogP contribution in [0.3, 0.4) is 0 Å². The second-order valence-electron chi connectivity index (χ2n) is 4.46. The van der Waals surface area contributed by atoms with Crippen LogP contribution in [0.4, 0.5) is 0 Å². The zero-order valence-corrected chi connectivity index (χ0v) is 12.2. The fraction of sp³-hybridized carbons (Fsp3) is 0.0588. The first-order chi connectivity index (χ1) is 9.78. The van der Waals surface area contributed by atoms with Crippen molar-refractivity contribution >= 4 is 34.0 Å². The van der Waals surface area contributed by atoms with Crippen molar-refractivity contribution < 1.29 is 4.74 Å². The summed E-state index contributed by atoms with van der Waals surface area (Å²) in [6.45, 7) is 0. The molecule has 0 spiro atoms. The van der Waals surface area contributed by atoms with E-state index in [-0.39, 0.29) is 0 Å². The highest BCUT2D eigenvalue weighted by Gasteiger charge is 2.08. The van der Waals surface area contributed by atoms with Crippen molar-refractivity contribution in [1.29, 1.82) is 0 Å². The molecule has 0 aliphatic heterocycles. The summed E-state index contributed by atoms with van der Waals surface area (Å²) >= 11 is 12.1. The fourth-order valence-corrected chi connectivity index (χ4v) is 2.70. The van der Waals surface area contributed by atoms with Gasteiger partial charge in [-0.25, -0.2) is 0 Å². The smallest absolute Gasteiger partial charge is 0.133 e. The van der Waals surface area contributed by atoms with Gasteiger partial charge in [-0.15, -0.1) is 11.6 Å². The van der Waals surface area contributed by atoms with E-state index in [2.05, 4.69) is 12.1 Å². The molecule has 0 fully saturated rings. The lowest BCUT2D eigenvalue weighted by Crippen LogP contribution is -1.90. The van der Waals surface area contributed by atoms with Crippen molar-refractivity contribution in [1.82, 2.24) is 0 Å². The molecule has 3 rings (SSSR count). The molecule has 0 unspecified atom stereocenters. The molecule has 3 aromatic rings. The highest BCUT2D eigenvalue weighted by atomic mass is 35.5. The van der Waals surface area contributed by atoms with E-state index in [1.54, 1.807) is 0 Å². The maximum atomic E-state index is 6.13. The van der Waals surface area contributed by atoms with E-state index in [0.717, 1.165) is 16.7 Å². The number of ether oxygens (including phenoxy) is 1. The largest absolute Gasteiger partial charge is 0.457 e. The molecule has 0 atom stereocenters. The number of fused-ring (bicyclic) bond motifs is 1. The lowest BCUT2D eigenvalue weighted by molar-refractivity contribution is 0.479. The first kappa shape index (κ1) is 13.3. The quantitative estimate of drug-likeness (QED) is 0.537. The van der Waals surface area contributed by atoms with Crippen molar-refractivity contribution in [3.8, 4) is 11.5 Å². The highest BCUT2D eigenvalue weighted by Crippen LogP contribution is 2.32. The predicted octanol–water partition coefficient (Wildman–Crippen LogP) is 6.02. The fourth-order valence-electron chi connectivity index (χ4n) is 2.12. The van der Waals surface area contributed by atoms with E-state index in [4.69, 9.17) is 27.9 Å². The molecule has 0 saturated heterocycles. The Labute approximate surface area is 127 Å². The number of hydrogen-bond donors (Lipinski definition) is 0. The summed E-state index contributed by atoms with van der Waals surface area (Å²) in [7, 11) is 0. The standard InChI is InChI=1S/C17H12Cl2O/c18-11-15-16(19)6-3-7-17(15)20-14-9-8-12-4-1-2-5-13(12)10-14/h1-10H,11H2. The SMILES string of the molecule is ClCc1c(Cl)cccc1Oc1ccc2ccccc2c1. The first-order valence-corrected chi connectivity index (χ1v) is 7.19. The topological polar surface area (TPSA) is 9.23 Å². The predicted molar refractivity (Wildman–Crippen MR) is 85.0 cm³/mol. The number of alkyl halides is 1. The van der Waals surface area contributed by atoms with Gasteiger partial charge < -0.3 is 4.74 Å². The normalized spacial score (nSPS) is 10.7. The van der Waals surface area contributed by atoms with E-state index in [9.17, 15) is 0 Å². The Morgan fingerprint density at radius 3 is 2.45 bits per heavy atom. The minimum Gasteiger partial charge on any atom is -0.457 e.